The molecule has 0 saturated carbocycles. The van der Waals surface area contributed by atoms with E-state index in [4.69, 9.17) is 16.9 Å². The van der Waals surface area contributed by atoms with Crippen molar-refractivity contribution in [1.82, 2.24) is 4.90 Å². The minimum atomic E-state index is -0.0972. The molecule has 1 heterocycles. The lowest BCUT2D eigenvalue weighted by atomic mass is 9.91. The Kier molecular flexibility index (Phi) is 13.5. The molecule has 5 heteroatoms. The molecule has 2 unspecified atom stereocenters. The van der Waals surface area contributed by atoms with Crippen molar-refractivity contribution >= 4 is 17.5 Å². The second-order valence-corrected chi connectivity index (χ2v) is 9.31. The van der Waals surface area contributed by atoms with Gasteiger partial charge in [-0.3, -0.25) is 4.79 Å². The van der Waals surface area contributed by atoms with Crippen LogP contribution in [0.25, 0.3) is 0 Å². The van der Waals surface area contributed by atoms with Crippen LogP contribution < -0.4 is 0 Å². The van der Waals surface area contributed by atoms with Gasteiger partial charge in [-0.2, -0.15) is 5.26 Å². The second-order valence-electron chi connectivity index (χ2n) is 8.91. The molecule has 0 aromatic heterocycles. The molecule has 1 fully saturated rings. The van der Waals surface area contributed by atoms with Crippen molar-refractivity contribution in [3.8, 4) is 6.07 Å². The summed E-state index contributed by atoms with van der Waals surface area (Å²) in [5.41, 5.74) is 2.40. The monoisotopic (exact) mass is 486 g/mol. The van der Waals surface area contributed by atoms with E-state index in [1.165, 1.54) is 12.5 Å². The summed E-state index contributed by atoms with van der Waals surface area (Å²) in [4.78, 5) is 14.0. The van der Waals surface area contributed by atoms with E-state index in [-0.39, 0.29) is 5.82 Å². The summed E-state index contributed by atoms with van der Waals surface area (Å²) in [7, 11) is 0. The summed E-state index contributed by atoms with van der Waals surface area (Å²) in [6.45, 7) is 13.7. The van der Waals surface area contributed by atoms with Crippen LogP contribution in [-0.4, -0.2) is 23.4 Å². The van der Waals surface area contributed by atoms with Gasteiger partial charge in [0.15, 0.2) is 0 Å². The maximum Gasteiger partial charge on any atom is 0.223 e. The van der Waals surface area contributed by atoms with Gasteiger partial charge < -0.3 is 4.90 Å². The zero-order valence-electron chi connectivity index (χ0n) is 21.6. The first-order valence-corrected chi connectivity index (χ1v) is 12.8. The van der Waals surface area contributed by atoms with Crippen molar-refractivity contribution in [1.29, 1.82) is 5.26 Å². The number of benzene rings is 2. The fourth-order valence-electron chi connectivity index (χ4n) is 4.05. The molecule has 34 heavy (non-hydrogen) atoms. The molecule has 0 spiro atoms. The first-order chi connectivity index (χ1) is 16.2. The Morgan fingerprint density at radius 2 is 1.76 bits per heavy atom. The molecule has 2 aromatic rings. The van der Waals surface area contributed by atoms with Gasteiger partial charge in [-0.1, -0.05) is 76.9 Å². The number of likely N-dealkylation sites (tertiary alicyclic amines) is 1. The van der Waals surface area contributed by atoms with Gasteiger partial charge in [-0.25, -0.2) is 4.39 Å². The number of carbonyl (C=O) groups excluding carboxylic acids is 1. The minimum Gasteiger partial charge on any atom is -0.339 e. The molecule has 1 aliphatic rings. The summed E-state index contributed by atoms with van der Waals surface area (Å²) < 4.78 is 12.6. The Morgan fingerprint density at radius 3 is 2.24 bits per heavy atom. The lowest BCUT2D eigenvalue weighted by molar-refractivity contribution is -0.129. The first-order valence-electron chi connectivity index (χ1n) is 12.4. The average Bonchev–Trinajstić information content (AvgIpc) is 3.22. The van der Waals surface area contributed by atoms with Crippen LogP contribution in [0.2, 0.25) is 5.02 Å². The molecule has 0 N–H and O–H groups in total. The highest BCUT2D eigenvalue weighted by Gasteiger charge is 2.34. The van der Waals surface area contributed by atoms with E-state index < -0.39 is 0 Å². The minimum absolute atomic E-state index is 0.0972. The fourth-order valence-corrected chi connectivity index (χ4v) is 4.33. The molecule has 0 radical (unpaired) electrons. The third-order valence-electron chi connectivity index (χ3n) is 6.60. The maximum atomic E-state index is 12.6. The molecule has 1 aliphatic heterocycles. The van der Waals surface area contributed by atoms with Crippen molar-refractivity contribution in [2.24, 2.45) is 11.8 Å². The number of hydrogen-bond donors (Lipinski definition) is 0. The van der Waals surface area contributed by atoms with E-state index in [9.17, 15) is 9.18 Å². The topological polar surface area (TPSA) is 44.1 Å². The number of hydrogen-bond acceptors (Lipinski definition) is 2. The lowest BCUT2D eigenvalue weighted by Crippen LogP contribution is -2.36. The Balaban J connectivity index is 0.000000266. The van der Waals surface area contributed by atoms with Crippen LogP contribution in [0, 0.1) is 35.9 Å². The molecule has 2 aromatic carbocycles. The highest BCUT2D eigenvalue weighted by Crippen LogP contribution is 2.29. The number of halogens is 2. The summed E-state index contributed by atoms with van der Waals surface area (Å²) in [5, 5.41) is 9.00. The SMILES string of the molecule is CCC(C)C1CC(=O)N(C(CC)CC)C1.CCc1ccccc1F.Cc1ccc(C#N)c(Cl)c1. The van der Waals surface area contributed by atoms with Crippen molar-refractivity contribution < 1.29 is 9.18 Å². The number of nitrogens with zero attached hydrogens (tertiary/aromatic N) is 2. The molecule has 186 valence electrons. The van der Waals surface area contributed by atoms with Gasteiger partial charge in [-0.15, -0.1) is 0 Å². The third-order valence-corrected chi connectivity index (χ3v) is 6.92. The van der Waals surface area contributed by atoms with E-state index in [0.717, 1.165) is 43.4 Å². The summed E-state index contributed by atoms with van der Waals surface area (Å²) in [6.07, 6.45) is 4.93. The summed E-state index contributed by atoms with van der Waals surface area (Å²) in [6, 6.07) is 14.7. The molecule has 1 amide bonds. The van der Waals surface area contributed by atoms with Gasteiger partial charge in [0.25, 0.3) is 0 Å². The molecular formula is C29H40ClFN2O. The third kappa shape index (κ3) is 9.11. The summed E-state index contributed by atoms with van der Waals surface area (Å²) >= 11 is 5.71. The first kappa shape index (κ1) is 29.7. The largest absolute Gasteiger partial charge is 0.339 e. The zero-order valence-corrected chi connectivity index (χ0v) is 22.3. The highest BCUT2D eigenvalue weighted by atomic mass is 35.5. The lowest BCUT2D eigenvalue weighted by Gasteiger charge is -2.27. The number of nitriles is 1. The quantitative estimate of drug-likeness (QED) is 0.415. The van der Waals surface area contributed by atoms with Crippen molar-refractivity contribution in [2.45, 2.75) is 79.7 Å². The van der Waals surface area contributed by atoms with E-state index >= 15 is 0 Å². The van der Waals surface area contributed by atoms with Gasteiger partial charge in [0.2, 0.25) is 5.91 Å². The Morgan fingerprint density at radius 1 is 1.12 bits per heavy atom. The predicted octanol–water partition coefficient (Wildman–Crippen LogP) is 7.98. The average molecular weight is 487 g/mol. The van der Waals surface area contributed by atoms with Crippen molar-refractivity contribution in [3.63, 3.8) is 0 Å². The molecule has 3 rings (SSSR count). The van der Waals surface area contributed by atoms with Crippen LogP contribution in [0.4, 0.5) is 4.39 Å². The smallest absolute Gasteiger partial charge is 0.223 e. The molecular weight excluding hydrogens is 447 g/mol. The van der Waals surface area contributed by atoms with Crippen LogP contribution in [-0.2, 0) is 11.2 Å². The van der Waals surface area contributed by atoms with Crippen LogP contribution in [0.5, 0.6) is 0 Å². The van der Waals surface area contributed by atoms with E-state index in [1.54, 1.807) is 24.3 Å². The maximum absolute atomic E-state index is 12.6. The van der Waals surface area contributed by atoms with Gasteiger partial charge >= 0.3 is 0 Å². The van der Waals surface area contributed by atoms with Crippen LogP contribution in [0.1, 0.15) is 77.0 Å². The van der Waals surface area contributed by atoms with E-state index in [0.29, 0.717) is 34.4 Å². The molecule has 3 nitrogen and oxygen atoms in total. The predicted molar refractivity (Wildman–Crippen MR) is 140 cm³/mol. The number of rotatable bonds is 6. The fraction of sp³-hybridized carbons (Fsp3) is 0.517. The number of aryl methyl sites for hydroxylation is 2. The Labute approximate surface area is 210 Å². The highest BCUT2D eigenvalue weighted by molar-refractivity contribution is 6.31. The summed E-state index contributed by atoms with van der Waals surface area (Å²) in [5.74, 6) is 1.57. The van der Waals surface area contributed by atoms with Crippen LogP contribution >= 0.6 is 11.6 Å². The van der Waals surface area contributed by atoms with Crippen molar-refractivity contribution in [2.75, 3.05) is 6.54 Å². The number of carbonyl (C=O) groups is 1. The molecule has 0 aliphatic carbocycles. The zero-order chi connectivity index (χ0) is 25.7. The number of amides is 1. The second kappa shape index (κ2) is 15.5. The van der Waals surface area contributed by atoms with Crippen molar-refractivity contribution in [3.05, 3.63) is 70.0 Å². The van der Waals surface area contributed by atoms with Gasteiger partial charge in [0.05, 0.1) is 10.6 Å². The van der Waals surface area contributed by atoms with Gasteiger partial charge in [-0.05, 0) is 67.3 Å². The Hall–Kier alpha value is -2.38. The van der Waals surface area contributed by atoms with Gasteiger partial charge in [0.1, 0.15) is 11.9 Å². The van der Waals surface area contributed by atoms with Crippen LogP contribution in [0.3, 0.4) is 0 Å². The van der Waals surface area contributed by atoms with Gasteiger partial charge in [0, 0.05) is 19.0 Å². The molecule has 1 saturated heterocycles. The normalized spacial score (nSPS) is 15.7. The molecule has 0 bridgehead atoms. The Bertz CT molecular complexity index is 936. The van der Waals surface area contributed by atoms with E-state index in [2.05, 4.69) is 32.6 Å². The standard InChI is InChI=1S/C13H25NO.C8H6ClN.C8H9F/c1-5-10(4)11-8-13(15)14(9-11)12(6-2)7-3;1-6-2-3-7(5-10)8(9)4-6;1-2-7-5-3-4-6-8(7)9/h10-12H,5-9H2,1-4H3;2-4H,1H3;3-6H,2H2,1H3. The van der Waals surface area contributed by atoms with E-state index in [1.807, 2.05) is 32.0 Å². The molecule has 2 atom stereocenters. The van der Waals surface area contributed by atoms with Crippen LogP contribution in [0.15, 0.2) is 42.5 Å².